The highest BCUT2D eigenvalue weighted by atomic mass is 16.5. The number of nitrogens with two attached hydrogens (primary N) is 1. The molecule has 3 rings (SSSR count). The van der Waals surface area contributed by atoms with Gasteiger partial charge in [0.15, 0.2) is 0 Å². The number of nitrogens with one attached hydrogen (secondary N) is 3. The van der Waals surface area contributed by atoms with E-state index in [0.29, 0.717) is 34.5 Å². The van der Waals surface area contributed by atoms with Crippen molar-refractivity contribution < 1.29 is 4.74 Å². The third-order valence-corrected chi connectivity index (χ3v) is 4.80. The fourth-order valence-corrected chi connectivity index (χ4v) is 3.29. The van der Waals surface area contributed by atoms with Crippen molar-refractivity contribution in [1.29, 1.82) is 5.41 Å². The Labute approximate surface area is 191 Å². The van der Waals surface area contributed by atoms with Crippen molar-refractivity contribution in [2.24, 2.45) is 0 Å². The Morgan fingerprint density at radius 1 is 1.22 bits per heavy atom. The van der Waals surface area contributed by atoms with Crippen LogP contribution in [0.25, 0.3) is 0 Å². The van der Waals surface area contributed by atoms with E-state index >= 15 is 0 Å². The van der Waals surface area contributed by atoms with E-state index in [2.05, 4.69) is 27.2 Å². The van der Waals surface area contributed by atoms with E-state index in [1.54, 1.807) is 12.2 Å². The lowest BCUT2D eigenvalue weighted by molar-refractivity contribution is 0.444. The molecule has 7 heteroatoms. The van der Waals surface area contributed by atoms with Gasteiger partial charge in [-0.3, -0.25) is 5.41 Å². The summed E-state index contributed by atoms with van der Waals surface area (Å²) >= 11 is 0. The predicted molar refractivity (Wildman–Crippen MR) is 133 cm³/mol. The first-order valence-corrected chi connectivity index (χ1v) is 11.0. The summed E-state index contributed by atoms with van der Waals surface area (Å²) in [6.07, 6.45) is 10.6. The molecule has 1 saturated heterocycles. The molecule has 0 saturated carbocycles. The number of rotatable bonds is 8. The van der Waals surface area contributed by atoms with Crippen LogP contribution < -0.4 is 21.1 Å². The molecule has 32 heavy (non-hydrogen) atoms. The van der Waals surface area contributed by atoms with Crippen LogP contribution in [-0.2, 0) is 0 Å². The van der Waals surface area contributed by atoms with E-state index in [4.69, 9.17) is 15.9 Å². The molecule has 1 fully saturated rings. The van der Waals surface area contributed by atoms with Crippen LogP contribution >= 0.6 is 0 Å². The van der Waals surface area contributed by atoms with Gasteiger partial charge in [-0.2, -0.15) is 0 Å². The van der Waals surface area contributed by atoms with Crippen molar-refractivity contribution in [1.82, 2.24) is 15.3 Å². The average molecular weight is 435 g/mol. The normalized spacial score (nSPS) is 14.4. The molecule has 0 radical (unpaired) electrons. The molecule has 5 N–H and O–H groups in total. The van der Waals surface area contributed by atoms with Crippen LogP contribution in [0.3, 0.4) is 0 Å². The number of nitrogen functional groups attached to an aromatic ring is 1. The van der Waals surface area contributed by atoms with Crippen molar-refractivity contribution in [3.63, 3.8) is 0 Å². The Kier molecular flexibility index (Phi) is 10.1. The molecule has 170 valence electrons. The standard InChI is InChI=1S/C23H28N6O.C2H6/c1-3-5-18(6-4-2)30-19-9-7-16(8-10-19)21(24)20-22(25)27-15-28-23(20)29-17-11-13-26-14-12-17;1-2/h3-10,15,17,24,26H,1,11-14H2,2H3,(H3,25,27,28,29);1-2H3/b6-4-,18-5+,24-21?;. The van der Waals surface area contributed by atoms with Crippen molar-refractivity contribution in [2.75, 3.05) is 24.1 Å². The third-order valence-electron chi connectivity index (χ3n) is 4.80. The number of nitrogens with zero attached hydrogens (tertiary/aromatic N) is 2. The highest BCUT2D eigenvalue weighted by Crippen LogP contribution is 2.25. The predicted octanol–water partition coefficient (Wildman–Crippen LogP) is 4.69. The largest absolute Gasteiger partial charge is 0.457 e. The summed E-state index contributed by atoms with van der Waals surface area (Å²) in [4.78, 5) is 8.47. The zero-order chi connectivity index (χ0) is 23.3. The van der Waals surface area contributed by atoms with Gasteiger partial charge in [-0.05, 0) is 69.3 Å². The highest BCUT2D eigenvalue weighted by molar-refractivity contribution is 6.16. The summed E-state index contributed by atoms with van der Waals surface area (Å²) in [5.41, 5.74) is 7.63. The highest BCUT2D eigenvalue weighted by Gasteiger charge is 2.20. The number of benzene rings is 1. The van der Waals surface area contributed by atoms with Crippen molar-refractivity contribution in [3.8, 4) is 5.75 Å². The number of aromatic nitrogens is 2. The molecule has 0 spiro atoms. The van der Waals surface area contributed by atoms with Crippen LogP contribution in [0.2, 0.25) is 0 Å². The first-order chi connectivity index (χ1) is 15.6. The summed E-state index contributed by atoms with van der Waals surface area (Å²) < 4.78 is 5.85. The summed E-state index contributed by atoms with van der Waals surface area (Å²) in [7, 11) is 0. The summed E-state index contributed by atoms with van der Waals surface area (Å²) in [6.45, 7) is 11.5. The van der Waals surface area contributed by atoms with Crippen LogP contribution in [0.15, 0.2) is 67.2 Å². The quantitative estimate of drug-likeness (QED) is 0.273. The smallest absolute Gasteiger partial charge is 0.141 e. The molecule has 1 aromatic carbocycles. The average Bonchev–Trinajstić information content (AvgIpc) is 2.82. The Morgan fingerprint density at radius 2 is 1.91 bits per heavy atom. The van der Waals surface area contributed by atoms with Gasteiger partial charge in [0, 0.05) is 11.6 Å². The van der Waals surface area contributed by atoms with E-state index < -0.39 is 0 Å². The number of piperidine rings is 1. The number of ether oxygens (including phenoxy) is 1. The zero-order valence-electron chi connectivity index (χ0n) is 19.2. The van der Waals surface area contributed by atoms with Gasteiger partial charge in [-0.1, -0.05) is 32.6 Å². The second-order valence-electron chi connectivity index (χ2n) is 6.96. The van der Waals surface area contributed by atoms with E-state index in [1.807, 2.05) is 57.2 Å². The molecule has 7 nitrogen and oxygen atoms in total. The van der Waals surface area contributed by atoms with Gasteiger partial charge >= 0.3 is 0 Å². The van der Waals surface area contributed by atoms with Gasteiger partial charge in [0.1, 0.15) is 29.5 Å². The second-order valence-corrected chi connectivity index (χ2v) is 6.96. The van der Waals surface area contributed by atoms with Crippen LogP contribution in [0, 0.1) is 5.41 Å². The van der Waals surface area contributed by atoms with E-state index in [9.17, 15) is 0 Å². The maximum absolute atomic E-state index is 8.72. The topological polar surface area (TPSA) is 109 Å². The van der Waals surface area contributed by atoms with E-state index in [-0.39, 0.29) is 11.5 Å². The Hall–Kier alpha value is -3.45. The lowest BCUT2D eigenvalue weighted by Gasteiger charge is -2.25. The number of hydrogen-bond donors (Lipinski definition) is 4. The number of hydrogen-bond acceptors (Lipinski definition) is 7. The van der Waals surface area contributed by atoms with Gasteiger partial charge in [0.05, 0.1) is 11.3 Å². The molecule has 0 atom stereocenters. The van der Waals surface area contributed by atoms with Crippen LogP contribution in [0.1, 0.15) is 44.7 Å². The van der Waals surface area contributed by atoms with Gasteiger partial charge in [0.25, 0.3) is 0 Å². The number of allylic oxidation sites excluding steroid dienone is 4. The molecule has 0 amide bonds. The SMILES string of the molecule is C=C/C=C(\C=C/C)Oc1ccc(C(=N)c2c(N)ncnc2NC2CCNCC2)cc1.CC. The Balaban J connectivity index is 0.00000176. The minimum atomic E-state index is 0.270. The first-order valence-electron chi connectivity index (χ1n) is 11.0. The monoisotopic (exact) mass is 434 g/mol. The molecule has 1 aliphatic heterocycles. The molecule has 1 aliphatic rings. The minimum absolute atomic E-state index is 0.270. The van der Waals surface area contributed by atoms with Crippen LogP contribution in [0.4, 0.5) is 11.6 Å². The lowest BCUT2D eigenvalue weighted by atomic mass is 10.0. The molecule has 1 aromatic heterocycles. The number of anilines is 2. The Bertz CT molecular complexity index is 943. The fourth-order valence-electron chi connectivity index (χ4n) is 3.29. The molecule has 2 aromatic rings. The van der Waals surface area contributed by atoms with Crippen molar-refractivity contribution in [3.05, 3.63) is 78.4 Å². The fraction of sp³-hybridized carbons (Fsp3) is 0.320. The third kappa shape index (κ3) is 6.78. The summed E-state index contributed by atoms with van der Waals surface area (Å²) in [5.74, 6) is 2.24. The maximum Gasteiger partial charge on any atom is 0.141 e. The molecular formula is C25H34N6O. The van der Waals surface area contributed by atoms with Gasteiger partial charge in [-0.25, -0.2) is 9.97 Å². The second kappa shape index (κ2) is 13.1. The zero-order valence-corrected chi connectivity index (χ0v) is 19.2. The summed E-state index contributed by atoms with van der Waals surface area (Å²) in [6, 6.07) is 7.61. The molecule has 0 aliphatic carbocycles. The Morgan fingerprint density at radius 3 is 2.53 bits per heavy atom. The van der Waals surface area contributed by atoms with Crippen molar-refractivity contribution in [2.45, 2.75) is 39.7 Å². The molecule has 0 unspecified atom stereocenters. The maximum atomic E-state index is 8.72. The molecule has 0 bridgehead atoms. The van der Waals surface area contributed by atoms with Gasteiger partial charge in [-0.15, -0.1) is 0 Å². The van der Waals surface area contributed by atoms with E-state index in [0.717, 1.165) is 25.9 Å². The lowest BCUT2D eigenvalue weighted by Crippen LogP contribution is -2.36. The van der Waals surface area contributed by atoms with E-state index in [1.165, 1.54) is 6.33 Å². The van der Waals surface area contributed by atoms with Crippen LogP contribution in [-0.4, -0.2) is 34.8 Å². The van der Waals surface area contributed by atoms with Gasteiger partial charge < -0.3 is 21.1 Å². The minimum Gasteiger partial charge on any atom is -0.457 e. The van der Waals surface area contributed by atoms with Crippen LogP contribution in [0.5, 0.6) is 5.75 Å². The molecular weight excluding hydrogens is 400 g/mol. The van der Waals surface area contributed by atoms with Gasteiger partial charge in [0.2, 0.25) is 0 Å². The summed E-state index contributed by atoms with van der Waals surface area (Å²) in [5, 5.41) is 15.5. The van der Waals surface area contributed by atoms with Crippen molar-refractivity contribution >= 4 is 17.3 Å². The molecule has 2 heterocycles. The first kappa shape index (κ1) is 24.8.